The summed E-state index contributed by atoms with van der Waals surface area (Å²) in [5, 5.41) is 6.57. The van der Waals surface area contributed by atoms with E-state index in [1.165, 1.54) is 22.5 Å². The van der Waals surface area contributed by atoms with Gasteiger partial charge in [0.25, 0.3) is 5.91 Å². The Morgan fingerprint density at radius 2 is 1.82 bits per heavy atom. The second-order valence-electron chi connectivity index (χ2n) is 7.99. The molecule has 9 heteroatoms. The van der Waals surface area contributed by atoms with E-state index in [0.717, 1.165) is 10.9 Å². The zero-order chi connectivity index (χ0) is 23.4. The van der Waals surface area contributed by atoms with Gasteiger partial charge in [0.2, 0.25) is 15.9 Å². The Morgan fingerprint density at radius 3 is 2.55 bits per heavy atom. The van der Waals surface area contributed by atoms with Crippen molar-refractivity contribution in [1.29, 1.82) is 0 Å². The van der Waals surface area contributed by atoms with Gasteiger partial charge in [-0.05, 0) is 61.7 Å². The van der Waals surface area contributed by atoms with Crippen molar-refractivity contribution in [3.63, 3.8) is 0 Å². The summed E-state index contributed by atoms with van der Waals surface area (Å²) in [5.41, 5.74) is 1.80. The van der Waals surface area contributed by atoms with Gasteiger partial charge < -0.3 is 15.6 Å². The van der Waals surface area contributed by atoms with E-state index in [4.69, 9.17) is 0 Å². The molecule has 3 N–H and O–H groups in total. The maximum atomic E-state index is 13.1. The number of carbonyl (C=O) groups excluding carboxylic acids is 2. The number of benzene rings is 2. The number of hydrogen-bond acceptors (Lipinski definition) is 4. The van der Waals surface area contributed by atoms with Gasteiger partial charge in [0.05, 0.1) is 4.90 Å². The average Bonchev–Trinajstić information content (AvgIpc) is 3.11. The molecular weight excluding hydrogens is 440 g/mol. The number of carbonyl (C=O) groups is 2. The number of rotatable bonds is 6. The van der Waals surface area contributed by atoms with Crippen LogP contribution in [0.5, 0.6) is 0 Å². The van der Waals surface area contributed by atoms with Crippen LogP contribution in [0.4, 0.5) is 5.69 Å². The maximum Gasteiger partial charge on any atom is 0.272 e. The Bertz CT molecular complexity index is 1250. The van der Waals surface area contributed by atoms with Crippen LogP contribution >= 0.6 is 0 Å². The fourth-order valence-electron chi connectivity index (χ4n) is 3.97. The number of anilines is 1. The average molecular weight is 467 g/mol. The fourth-order valence-corrected chi connectivity index (χ4v) is 5.46. The number of nitrogens with zero attached hydrogens (tertiary/aromatic N) is 1. The van der Waals surface area contributed by atoms with Crippen LogP contribution in [0.1, 0.15) is 29.8 Å². The first-order valence-corrected chi connectivity index (χ1v) is 12.2. The van der Waals surface area contributed by atoms with Crippen molar-refractivity contribution >= 4 is 38.4 Å². The number of amides is 2. The molecule has 1 saturated heterocycles. The molecule has 0 saturated carbocycles. The van der Waals surface area contributed by atoms with Gasteiger partial charge in [-0.1, -0.05) is 24.8 Å². The van der Waals surface area contributed by atoms with Gasteiger partial charge in [-0.2, -0.15) is 4.31 Å². The lowest BCUT2D eigenvalue weighted by Gasteiger charge is -2.20. The van der Waals surface area contributed by atoms with E-state index in [0.29, 0.717) is 43.7 Å². The molecule has 4 rings (SSSR count). The molecule has 2 aromatic carbocycles. The minimum Gasteiger partial charge on any atom is -0.351 e. The Labute approximate surface area is 192 Å². The highest BCUT2D eigenvalue weighted by Crippen LogP contribution is 2.23. The van der Waals surface area contributed by atoms with Crippen LogP contribution < -0.4 is 10.6 Å². The SMILES string of the molecule is C=CC(=O)NC1CCCN(S(=O)(=O)c2ccc(NC(=O)c3cc4ccccc4[nH]3)cc2)CC1. The fraction of sp³-hybridized carbons (Fsp3) is 0.250. The van der Waals surface area contributed by atoms with Gasteiger partial charge in [-0.25, -0.2) is 8.42 Å². The smallest absolute Gasteiger partial charge is 0.272 e. The molecule has 0 bridgehead atoms. The lowest BCUT2D eigenvalue weighted by atomic mass is 10.1. The van der Waals surface area contributed by atoms with Crippen molar-refractivity contribution in [1.82, 2.24) is 14.6 Å². The van der Waals surface area contributed by atoms with E-state index < -0.39 is 10.0 Å². The number of nitrogens with one attached hydrogen (secondary N) is 3. The van der Waals surface area contributed by atoms with Crippen molar-refractivity contribution in [3.05, 3.63) is 72.9 Å². The molecule has 0 aliphatic carbocycles. The first kappa shape index (κ1) is 22.8. The van der Waals surface area contributed by atoms with Crippen molar-refractivity contribution < 1.29 is 18.0 Å². The normalized spacial score (nSPS) is 17.3. The summed E-state index contributed by atoms with van der Waals surface area (Å²) in [7, 11) is -3.68. The van der Waals surface area contributed by atoms with Gasteiger partial charge >= 0.3 is 0 Å². The number of H-pyrrole nitrogens is 1. The standard InChI is InChI=1S/C24H26N4O4S/c1-2-23(29)25-18-7-5-14-28(15-13-18)33(31,32)20-11-9-19(10-12-20)26-24(30)22-16-17-6-3-4-8-21(17)27-22/h2-4,6,8-12,16,18,27H,1,5,7,13-15H2,(H,25,29)(H,26,30). The van der Waals surface area contributed by atoms with Crippen LogP contribution in [0.3, 0.4) is 0 Å². The molecule has 172 valence electrons. The predicted molar refractivity (Wildman–Crippen MR) is 127 cm³/mol. The maximum absolute atomic E-state index is 13.1. The number of hydrogen-bond donors (Lipinski definition) is 3. The summed E-state index contributed by atoms with van der Waals surface area (Å²) < 4.78 is 27.7. The van der Waals surface area contributed by atoms with E-state index >= 15 is 0 Å². The number of para-hydroxylation sites is 1. The van der Waals surface area contributed by atoms with Crippen LogP contribution in [0.15, 0.2) is 72.1 Å². The molecule has 0 radical (unpaired) electrons. The topological polar surface area (TPSA) is 111 Å². The molecule has 1 aliphatic rings. The molecule has 0 spiro atoms. The second kappa shape index (κ2) is 9.60. The lowest BCUT2D eigenvalue weighted by Crippen LogP contribution is -2.36. The van der Waals surface area contributed by atoms with Crippen molar-refractivity contribution in [2.75, 3.05) is 18.4 Å². The molecule has 1 unspecified atom stereocenters. The Kier molecular flexibility index (Phi) is 6.62. The number of sulfonamides is 1. The number of aromatic amines is 1. The van der Waals surface area contributed by atoms with E-state index in [1.807, 2.05) is 24.3 Å². The monoisotopic (exact) mass is 466 g/mol. The van der Waals surface area contributed by atoms with Crippen LogP contribution in [0.2, 0.25) is 0 Å². The molecule has 1 atom stereocenters. The van der Waals surface area contributed by atoms with E-state index in [9.17, 15) is 18.0 Å². The summed E-state index contributed by atoms with van der Waals surface area (Å²) in [6, 6.07) is 15.5. The van der Waals surface area contributed by atoms with Crippen LogP contribution in [-0.4, -0.2) is 48.7 Å². The summed E-state index contributed by atoms with van der Waals surface area (Å²) in [5.74, 6) is -0.552. The Hall–Kier alpha value is -3.43. The largest absolute Gasteiger partial charge is 0.351 e. The third-order valence-corrected chi connectivity index (χ3v) is 7.66. The minimum atomic E-state index is -3.68. The van der Waals surface area contributed by atoms with E-state index in [1.54, 1.807) is 18.2 Å². The van der Waals surface area contributed by atoms with Gasteiger partial charge in [0.1, 0.15) is 5.69 Å². The van der Waals surface area contributed by atoms with Crippen molar-refractivity contribution in [3.8, 4) is 0 Å². The van der Waals surface area contributed by atoms with E-state index in [-0.39, 0.29) is 22.8 Å². The zero-order valence-electron chi connectivity index (χ0n) is 18.1. The van der Waals surface area contributed by atoms with Crippen molar-refractivity contribution in [2.24, 2.45) is 0 Å². The highest BCUT2D eigenvalue weighted by atomic mass is 32.2. The third kappa shape index (κ3) is 5.15. The molecule has 3 aromatic rings. The quantitative estimate of drug-likeness (QED) is 0.484. The summed E-state index contributed by atoms with van der Waals surface area (Å²) >= 11 is 0. The Balaban J connectivity index is 1.41. The number of aromatic nitrogens is 1. The zero-order valence-corrected chi connectivity index (χ0v) is 18.9. The summed E-state index contributed by atoms with van der Waals surface area (Å²) in [6.07, 6.45) is 3.12. The van der Waals surface area contributed by atoms with E-state index in [2.05, 4.69) is 22.2 Å². The van der Waals surface area contributed by atoms with Gasteiger partial charge in [-0.15, -0.1) is 0 Å². The molecule has 8 nitrogen and oxygen atoms in total. The van der Waals surface area contributed by atoms with Gasteiger partial charge in [0, 0.05) is 35.7 Å². The third-order valence-electron chi connectivity index (χ3n) is 5.74. The highest BCUT2D eigenvalue weighted by molar-refractivity contribution is 7.89. The molecule has 2 amide bonds. The molecule has 1 aromatic heterocycles. The predicted octanol–water partition coefficient (Wildman–Crippen LogP) is 3.27. The molecular formula is C24H26N4O4S. The van der Waals surface area contributed by atoms with Gasteiger partial charge in [0.15, 0.2) is 0 Å². The highest BCUT2D eigenvalue weighted by Gasteiger charge is 2.28. The first-order chi connectivity index (χ1) is 15.9. The summed E-state index contributed by atoms with van der Waals surface area (Å²) in [4.78, 5) is 27.4. The van der Waals surface area contributed by atoms with Gasteiger partial charge in [-0.3, -0.25) is 9.59 Å². The Morgan fingerprint density at radius 1 is 1.06 bits per heavy atom. The van der Waals surface area contributed by atoms with Crippen LogP contribution in [0.25, 0.3) is 10.9 Å². The molecule has 1 fully saturated rings. The lowest BCUT2D eigenvalue weighted by molar-refractivity contribution is -0.117. The van der Waals surface area contributed by atoms with Crippen LogP contribution in [0, 0.1) is 0 Å². The number of fused-ring (bicyclic) bond motifs is 1. The second-order valence-corrected chi connectivity index (χ2v) is 9.93. The first-order valence-electron chi connectivity index (χ1n) is 10.8. The van der Waals surface area contributed by atoms with Crippen molar-refractivity contribution in [2.45, 2.75) is 30.2 Å². The summed E-state index contributed by atoms with van der Waals surface area (Å²) in [6.45, 7) is 4.16. The molecule has 33 heavy (non-hydrogen) atoms. The minimum absolute atomic E-state index is 0.0714. The molecule has 1 aliphatic heterocycles. The molecule has 2 heterocycles. The van der Waals surface area contributed by atoms with Crippen LogP contribution in [-0.2, 0) is 14.8 Å².